The second-order valence-electron chi connectivity index (χ2n) is 2.51. The summed E-state index contributed by atoms with van der Waals surface area (Å²) in [5, 5.41) is 8.25. The Morgan fingerprint density at radius 3 is 2.43 bits per heavy atom. The molecule has 0 fully saturated rings. The lowest BCUT2D eigenvalue weighted by atomic mass is 10.1. The molecule has 0 bridgehead atoms. The Morgan fingerprint density at radius 2 is 2.00 bits per heavy atom. The largest absolute Gasteiger partial charge is 0.481 e. The summed E-state index contributed by atoms with van der Waals surface area (Å²) in [6.45, 7) is 3.24. The number of carbonyl (C=O) groups is 3. The van der Waals surface area contributed by atoms with Crippen LogP contribution in [0.1, 0.15) is 6.42 Å². The van der Waals surface area contributed by atoms with Gasteiger partial charge in [0.25, 0.3) is 0 Å². The Morgan fingerprint density at radius 1 is 1.43 bits per heavy atom. The minimum atomic E-state index is -1.25. The first-order valence-electron chi connectivity index (χ1n) is 3.49. The molecule has 0 aliphatic carbocycles. The lowest BCUT2D eigenvalue weighted by Gasteiger charge is -1.95. The molecular formula is C8H5ClO5. The van der Waals surface area contributed by atoms with E-state index in [0.29, 0.717) is 0 Å². The third-order valence-electron chi connectivity index (χ3n) is 1.54. The molecule has 1 aliphatic heterocycles. The lowest BCUT2D eigenvalue weighted by Crippen LogP contribution is -2.05. The highest BCUT2D eigenvalue weighted by molar-refractivity contribution is 6.37. The van der Waals surface area contributed by atoms with Crippen molar-refractivity contribution in [3.63, 3.8) is 0 Å². The molecule has 6 heteroatoms. The molecule has 14 heavy (non-hydrogen) atoms. The zero-order valence-electron chi connectivity index (χ0n) is 6.87. The Labute approximate surface area is 83.6 Å². The van der Waals surface area contributed by atoms with Crippen LogP contribution in [0.5, 0.6) is 0 Å². The van der Waals surface area contributed by atoms with Crippen molar-refractivity contribution in [3.05, 3.63) is 22.8 Å². The molecule has 0 unspecified atom stereocenters. The molecule has 5 nitrogen and oxygen atoms in total. The van der Waals surface area contributed by atoms with Gasteiger partial charge in [-0.3, -0.25) is 4.79 Å². The number of cyclic esters (lactones) is 2. The second kappa shape index (κ2) is 3.63. The fourth-order valence-corrected chi connectivity index (χ4v) is 1.20. The van der Waals surface area contributed by atoms with E-state index in [1.54, 1.807) is 0 Å². The van der Waals surface area contributed by atoms with Crippen molar-refractivity contribution in [1.82, 2.24) is 0 Å². The number of aliphatic carboxylic acids is 1. The molecule has 1 heterocycles. The number of rotatable bonds is 3. The summed E-state index contributed by atoms with van der Waals surface area (Å²) in [6.07, 6.45) is -0.606. The number of halogens is 1. The number of hydrogen-bond acceptors (Lipinski definition) is 4. The lowest BCUT2D eigenvalue weighted by molar-refractivity contribution is -0.151. The number of carboxylic acids is 1. The van der Waals surface area contributed by atoms with Crippen LogP contribution in [0, 0.1) is 0 Å². The van der Waals surface area contributed by atoms with Crippen molar-refractivity contribution < 1.29 is 24.2 Å². The monoisotopic (exact) mass is 216 g/mol. The van der Waals surface area contributed by atoms with Crippen molar-refractivity contribution in [2.45, 2.75) is 6.42 Å². The quantitative estimate of drug-likeness (QED) is 0.552. The fourth-order valence-electron chi connectivity index (χ4n) is 1.01. The molecule has 1 rings (SSSR count). The molecule has 0 aromatic rings. The normalized spacial score (nSPS) is 15.8. The maximum absolute atomic E-state index is 11.0. The highest BCUT2D eigenvalue weighted by Crippen LogP contribution is 2.27. The number of carbonyl (C=O) groups excluding carboxylic acids is 2. The maximum atomic E-state index is 11.0. The smallest absolute Gasteiger partial charge is 0.348 e. The minimum Gasteiger partial charge on any atom is -0.481 e. The van der Waals surface area contributed by atoms with Crippen molar-refractivity contribution in [1.29, 1.82) is 0 Å². The molecule has 0 saturated heterocycles. The molecule has 74 valence electrons. The highest BCUT2D eigenvalue weighted by Gasteiger charge is 2.34. The summed E-state index contributed by atoms with van der Waals surface area (Å²) in [5.41, 5.74) is -0.512. The van der Waals surface area contributed by atoms with Crippen LogP contribution in [-0.4, -0.2) is 23.0 Å². The van der Waals surface area contributed by atoms with E-state index in [0.717, 1.165) is 0 Å². The standard InChI is InChI=1S/C8H5ClO5/c1-3(9)6-4(2-5(10)11)7(12)14-8(6)13/h1-2H2,(H,10,11). The van der Waals surface area contributed by atoms with Crippen molar-refractivity contribution in [2.75, 3.05) is 0 Å². The molecule has 0 saturated carbocycles. The predicted molar refractivity (Wildman–Crippen MR) is 45.4 cm³/mol. The van der Waals surface area contributed by atoms with Gasteiger partial charge in [0, 0.05) is 5.03 Å². The van der Waals surface area contributed by atoms with Gasteiger partial charge in [0.2, 0.25) is 0 Å². The first kappa shape index (κ1) is 10.5. The Bertz CT molecular complexity index is 379. The predicted octanol–water partition coefficient (Wildman–Crippen LogP) is 0.594. The van der Waals surface area contributed by atoms with Crippen LogP contribution >= 0.6 is 11.6 Å². The molecule has 0 radical (unpaired) electrons. The molecule has 0 atom stereocenters. The molecular weight excluding hydrogens is 212 g/mol. The van der Waals surface area contributed by atoms with Gasteiger partial charge in [0.1, 0.15) is 0 Å². The van der Waals surface area contributed by atoms with Crippen LogP contribution in [0.4, 0.5) is 0 Å². The van der Waals surface area contributed by atoms with Gasteiger partial charge in [0.15, 0.2) is 0 Å². The molecule has 1 N–H and O–H groups in total. The Kier molecular flexibility index (Phi) is 2.71. The van der Waals surface area contributed by atoms with E-state index in [9.17, 15) is 14.4 Å². The van der Waals surface area contributed by atoms with Crippen LogP contribution in [0.25, 0.3) is 0 Å². The number of ether oxygens (including phenoxy) is 1. The number of hydrogen-bond donors (Lipinski definition) is 1. The Balaban J connectivity index is 3.15. The molecule has 0 amide bonds. The summed E-state index contributed by atoms with van der Waals surface area (Å²) in [7, 11) is 0. The summed E-state index contributed by atoms with van der Waals surface area (Å²) >= 11 is 5.42. The van der Waals surface area contributed by atoms with E-state index in [1.165, 1.54) is 0 Å². The average Bonchev–Trinajstić information content (AvgIpc) is 2.25. The third kappa shape index (κ3) is 1.82. The van der Waals surface area contributed by atoms with Crippen LogP contribution in [0.2, 0.25) is 0 Å². The molecule has 0 aromatic heterocycles. The van der Waals surface area contributed by atoms with Gasteiger partial charge in [-0.05, 0) is 0 Å². The SMILES string of the molecule is C=C(Cl)C1=C(CC(=O)O)C(=O)OC1=O. The number of carboxylic acid groups (broad SMARTS) is 1. The van der Waals surface area contributed by atoms with E-state index >= 15 is 0 Å². The Hall–Kier alpha value is -1.62. The average molecular weight is 217 g/mol. The van der Waals surface area contributed by atoms with Gasteiger partial charge in [0.05, 0.1) is 17.6 Å². The van der Waals surface area contributed by atoms with Gasteiger partial charge in [-0.1, -0.05) is 18.2 Å². The van der Waals surface area contributed by atoms with E-state index in [-0.39, 0.29) is 16.2 Å². The zero-order chi connectivity index (χ0) is 10.9. The third-order valence-corrected chi connectivity index (χ3v) is 1.73. The van der Waals surface area contributed by atoms with Crippen LogP contribution in [0.15, 0.2) is 22.8 Å². The summed E-state index contributed by atoms with van der Waals surface area (Å²) in [4.78, 5) is 32.3. The van der Waals surface area contributed by atoms with Crippen LogP contribution < -0.4 is 0 Å². The summed E-state index contributed by atoms with van der Waals surface area (Å²) in [5.74, 6) is -3.18. The van der Waals surface area contributed by atoms with Crippen LogP contribution in [0.3, 0.4) is 0 Å². The highest BCUT2D eigenvalue weighted by atomic mass is 35.5. The zero-order valence-corrected chi connectivity index (χ0v) is 7.63. The number of esters is 2. The first-order chi connectivity index (χ1) is 6.43. The van der Waals surface area contributed by atoms with Crippen LogP contribution in [-0.2, 0) is 19.1 Å². The van der Waals surface area contributed by atoms with Gasteiger partial charge in [-0.15, -0.1) is 0 Å². The van der Waals surface area contributed by atoms with E-state index < -0.39 is 24.3 Å². The van der Waals surface area contributed by atoms with E-state index in [2.05, 4.69) is 11.3 Å². The molecule has 0 spiro atoms. The summed E-state index contributed by atoms with van der Waals surface area (Å²) < 4.78 is 4.19. The van der Waals surface area contributed by atoms with Gasteiger partial charge in [-0.2, -0.15) is 0 Å². The summed E-state index contributed by atoms with van der Waals surface area (Å²) in [6, 6.07) is 0. The van der Waals surface area contributed by atoms with Crippen molar-refractivity contribution in [3.8, 4) is 0 Å². The van der Waals surface area contributed by atoms with Gasteiger partial charge in [-0.25, -0.2) is 9.59 Å². The van der Waals surface area contributed by atoms with E-state index in [4.69, 9.17) is 16.7 Å². The second-order valence-corrected chi connectivity index (χ2v) is 2.96. The fraction of sp³-hybridized carbons (Fsp3) is 0.125. The topological polar surface area (TPSA) is 80.7 Å². The molecule has 0 aromatic carbocycles. The van der Waals surface area contributed by atoms with Gasteiger partial charge < -0.3 is 9.84 Å². The first-order valence-corrected chi connectivity index (χ1v) is 3.87. The van der Waals surface area contributed by atoms with Gasteiger partial charge >= 0.3 is 17.9 Å². The minimum absolute atomic E-state index is 0.197. The van der Waals surface area contributed by atoms with Crippen molar-refractivity contribution >= 4 is 29.5 Å². The van der Waals surface area contributed by atoms with Crippen molar-refractivity contribution in [2.24, 2.45) is 0 Å². The van der Waals surface area contributed by atoms with E-state index in [1.807, 2.05) is 0 Å². The molecule has 1 aliphatic rings. The maximum Gasteiger partial charge on any atom is 0.348 e.